The van der Waals surface area contributed by atoms with Gasteiger partial charge < -0.3 is 10.1 Å². The fraction of sp³-hybridized carbons (Fsp3) is 0.632. The van der Waals surface area contributed by atoms with Gasteiger partial charge in [0.1, 0.15) is 0 Å². The molecule has 2 aliphatic carbocycles. The van der Waals surface area contributed by atoms with Gasteiger partial charge in [0.25, 0.3) is 0 Å². The van der Waals surface area contributed by atoms with Crippen LogP contribution < -0.4 is 5.32 Å². The summed E-state index contributed by atoms with van der Waals surface area (Å²) in [7, 11) is 0. The van der Waals surface area contributed by atoms with Crippen LogP contribution in [0.2, 0.25) is 5.02 Å². The molecule has 0 unspecified atom stereocenters. The van der Waals surface area contributed by atoms with Gasteiger partial charge in [0.2, 0.25) is 5.91 Å². The van der Waals surface area contributed by atoms with Gasteiger partial charge in [0, 0.05) is 29.5 Å². The van der Waals surface area contributed by atoms with Crippen LogP contribution in [-0.4, -0.2) is 24.7 Å². The Labute approximate surface area is 142 Å². The lowest BCUT2D eigenvalue weighted by molar-refractivity contribution is -0.129. The third kappa shape index (κ3) is 3.01. The molecule has 0 radical (unpaired) electrons. The minimum Gasteiger partial charge on any atom is -0.377 e. The van der Waals surface area contributed by atoms with Crippen molar-refractivity contribution in [1.82, 2.24) is 5.32 Å². The number of amides is 1. The smallest absolute Gasteiger partial charge is 0.224 e. The van der Waals surface area contributed by atoms with E-state index in [1.165, 1.54) is 25.7 Å². The Morgan fingerprint density at radius 2 is 1.91 bits per heavy atom. The Hall–Kier alpha value is -1.06. The molecule has 23 heavy (non-hydrogen) atoms. The first-order valence-corrected chi connectivity index (χ1v) is 9.25. The summed E-state index contributed by atoms with van der Waals surface area (Å²) in [6, 6.07) is 7.87. The largest absolute Gasteiger partial charge is 0.377 e. The van der Waals surface area contributed by atoms with Crippen LogP contribution in [0.5, 0.6) is 0 Å². The zero-order valence-corrected chi connectivity index (χ0v) is 14.1. The topological polar surface area (TPSA) is 38.3 Å². The molecule has 1 aromatic carbocycles. The van der Waals surface area contributed by atoms with Gasteiger partial charge in [-0.15, -0.1) is 0 Å². The maximum absolute atomic E-state index is 12.5. The number of benzene rings is 1. The lowest BCUT2D eigenvalue weighted by Crippen LogP contribution is -2.63. The Bertz CT molecular complexity index is 562. The minimum atomic E-state index is 0.130. The molecule has 3 nitrogen and oxygen atoms in total. The summed E-state index contributed by atoms with van der Waals surface area (Å²) in [5.41, 5.74) is 1.02. The predicted molar refractivity (Wildman–Crippen MR) is 90.4 cm³/mol. The average Bonchev–Trinajstić information content (AvgIpc) is 3.18. The summed E-state index contributed by atoms with van der Waals surface area (Å²) in [5.74, 6) is 1.95. The van der Waals surface area contributed by atoms with E-state index in [1.54, 1.807) is 0 Å². The van der Waals surface area contributed by atoms with Crippen molar-refractivity contribution in [3.8, 4) is 0 Å². The van der Waals surface area contributed by atoms with Crippen LogP contribution in [0.1, 0.15) is 37.7 Å². The monoisotopic (exact) mass is 333 g/mol. The molecule has 4 atom stereocenters. The van der Waals surface area contributed by atoms with Crippen LogP contribution in [0.3, 0.4) is 0 Å². The molecule has 4 heteroatoms. The molecule has 3 fully saturated rings. The number of halogens is 1. The van der Waals surface area contributed by atoms with Gasteiger partial charge >= 0.3 is 0 Å². The van der Waals surface area contributed by atoms with Crippen molar-refractivity contribution < 1.29 is 9.53 Å². The van der Waals surface area contributed by atoms with Crippen molar-refractivity contribution in [3.05, 3.63) is 34.9 Å². The molecular formula is C19H24ClNO2. The Balaban J connectivity index is 1.40. The number of fused-ring (bicyclic) bond motifs is 1. The van der Waals surface area contributed by atoms with Crippen molar-refractivity contribution in [1.29, 1.82) is 0 Å². The van der Waals surface area contributed by atoms with Gasteiger partial charge in [-0.25, -0.2) is 0 Å². The van der Waals surface area contributed by atoms with E-state index in [0.29, 0.717) is 35.4 Å². The molecule has 0 spiro atoms. The summed E-state index contributed by atoms with van der Waals surface area (Å²) in [4.78, 5) is 12.5. The van der Waals surface area contributed by atoms with E-state index in [1.807, 2.05) is 24.3 Å². The van der Waals surface area contributed by atoms with E-state index >= 15 is 0 Å². The fourth-order valence-corrected chi connectivity index (χ4v) is 5.01. The molecule has 3 aliphatic rings. The maximum atomic E-state index is 12.5. The van der Waals surface area contributed by atoms with Gasteiger partial charge in [0.15, 0.2) is 0 Å². The first-order chi connectivity index (χ1) is 11.2. The highest BCUT2D eigenvalue weighted by Crippen LogP contribution is 2.51. The number of rotatable bonds is 4. The molecular weight excluding hydrogens is 310 g/mol. The molecule has 1 heterocycles. The number of ether oxygens (including phenoxy) is 1. The molecule has 1 aliphatic heterocycles. The van der Waals surface area contributed by atoms with E-state index in [0.717, 1.165) is 24.5 Å². The molecule has 1 aromatic rings. The number of carbonyl (C=O) groups excluding carboxylic acids is 1. The van der Waals surface area contributed by atoms with E-state index < -0.39 is 0 Å². The van der Waals surface area contributed by atoms with Crippen LogP contribution in [-0.2, 0) is 16.0 Å². The van der Waals surface area contributed by atoms with Gasteiger partial charge in [-0.05, 0) is 30.0 Å². The number of carbonyl (C=O) groups is 1. The van der Waals surface area contributed by atoms with Crippen LogP contribution in [0.4, 0.5) is 0 Å². The fourth-order valence-electron chi connectivity index (χ4n) is 4.88. The summed E-state index contributed by atoms with van der Waals surface area (Å²) in [5, 5.41) is 4.03. The normalized spacial score (nSPS) is 33.3. The predicted octanol–water partition coefficient (Wildman–Crippen LogP) is 3.59. The second-order valence-corrected chi connectivity index (χ2v) is 7.74. The first kappa shape index (κ1) is 15.5. The molecule has 1 N–H and O–H groups in total. The van der Waals surface area contributed by atoms with Gasteiger partial charge in [-0.1, -0.05) is 49.4 Å². The maximum Gasteiger partial charge on any atom is 0.224 e. The quantitative estimate of drug-likeness (QED) is 0.914. The summed E-state index contributed by atoms with van der Waals surface area (Å²) in [6.07, 6.45) is 7.22. The lowest BCUT2D eigenvalue weighted by Gasteiger charge is -2.50. The SMILES string of the molecule is O=C(Cc1ccc(Cl)cc1)N[C@H]1[C@H]2CCO[C@H]2[C@H]1C1CCCC1. The van der Waals surface area contributed by atoms with E-state index in [2.05, 4.69) is 5.32 Å². The highest BCUT2D eigenvalue weighted by atomic mass is 35.5. The Morgan fingerprint density at radius 3 is 2.65 bits per heavy atom. The zero-order chi connectivity index (χ0) is 15.8. The second-order valence-electron chi connectivity index (χ2n) is 7.31. The lowest BCUT2D eigenvalue weighted by atomic mass is 9.61. The second kappa shape index (κ2) is 6.45. The van der Waals surface area contributed by atoms with E-state index in [9.17, 15) is 4.79 Å². The van der Waals surface area contributed by atoms with Crippen molar-refractivity contribution >= 4 is 17.5 Å². The van der Waals surface area contributed by atoms with Crippen LogP contribution in [0.15, 0.2) is 24.3 Å². The number of hydrogen-bond donors (Lipinski definition) is 1. The minimum absolute atomic E-state index is 0.130. The molecule has 1 amide bonds. The number of nitrogens with one attached hydrogen (secondary N) is 1. The van der Waals surface area contributed by atoms with Crippen molar-refractivity contribution in [2.45, 2.75) is 50.7 Å². The first-order valence-electron chi connectivity index (χ1n) is 8.88. The Morgan fingerprint density at radius 1 is 1.17 bits per heavy atom. The highest BCUT2D eigenvalue weighted by molar-refractivity contribution is 6.30. The molecule has 124 valence electrons. The highest BCUT2D eigenvalue weighted by Gasteiger charge is 2.56. The van der Waals surface area contributed by atoms with Crippen molar-refractivity contribution in [2.75, 3.05) is 6.61 Å². The molecule has 4 rings (SSSR count). The third-order valence-electron chi connectivity index (χ3n) is 5.99. The molecule has 0 bridgehead atoms. The third-order valence-corrected chi connectivity index (χ3v) is 6.24. The van der Waals surface area contributed by atoms with Crippen LogP contribution >= 0.6 is 11.6 Å². The summed E-state index contributed by atoms with van der Waals surface area (Å²) >= 11 is 5.90. The van der Waals surface area contributed by atoms with Gasteiger partial charge in [0.05, 0.1) is 12.5 Å². The van der Waals surface area contributed by atoms with Gasteiger partial charge in [-0.3, -0.25) is 4.79 Å². The number of hydrogen-bond acceptors (Lipinski definition) is 2. The summed E-state index contributed by atoms with van der Waals surface area (Å²) < 4.78 is 5.95. The Kier molecular flexibility index (Phi) is 4.33. The van der Waals surface area contributed by atoms with E-state index in [-0.39, 0.29) is 5.91 Å². The van der Waals surface area contributed by atoms with Crippen molar-refractivity contribution in [3.63, 3.8) is 0 Å². The van der Waals surface area contributed by atoms with Crippen LogP contribution in [0, 0.1) is 17.8 Å². The average molecular weight is 334 g/mol. The standard InChI is InChI=1S/C19H24ClNO2/c20-14-7-5-12(6-8-14)11-16(22)21-18-15-9-10-23-19(15)17(18)13-3-1-2-4-13/h5-8,13,15,17-19H,1-4,9-11H2,(H,21,22)/t15-,17+,18+,19-/m1/s1. The van der Waals surface area contributed by atoms with Gasteiger partial charge in [-0.2, -0.15) is 0 Å². The molecule has 2 saturated carbocycles. The zero-order valence-electron chi connectivity index (χ0n) is 13.3. The van der Waals surface area contributed by atoms with E-state index in [4.69, 9.17) is 16.3 Å². The molecule has 1 saturated heterocycles. The summed E-state index contributed by atoms with van der Waals surface area (Å²) in [6.45, 7) is 0.863. The van der Waals surface area contributed by atoms with Crippen molar-refractivity contribution in [2.24, 2.45) is 17.8 Å². The van der Waals surface area contributed by atoms with Crippen LogP contribution in [0.25, 0.3) is 0 Å². The molecule has 0 aromatic heterocycles.